The van der Waals surface area contributed by atoms with Crippen LogP contribution < -0.4 is 10.5 Å². The van der Waals surface area contributed by atoms with Crippen LogP contribution in [0.3, 0.4) is 0 Å². The highest BCUT2D eigenvalue weighted by molar-refractivity contribution is 5.53. The molecule has 0 atom stereocenters. The van der Waals surface area contributed by atoms with Crippen molar-refractivity contribution in [2.45, 2.75) is 20.3 Å². The topological polar surface area (TPSA) is 84.8 Å². The van der Waals surface area contributed by atoms with Crippen LogP contribution in [0.1, 0.15) is 24.0 Å². The largest absolute Gasteiger partial charge is 0.438 e. The first kappa shape index (κ1) is 12.8. The number of benzene rings is 1. The minimum Gasteiger partial charge on any atom is -0.438 e. The Hall–Kier alpha value is -2.61. The second-order valence-corrected chi connectivity index (χ2v) is 4.07. The molecule has 0 saturated carbocycles. The number of rotatable bonds is 3. The number of nitrogen functional groups attached to an aromatic ring is 1. The van der Waals surface area contributed by atoms with Gasteiger partial charge in [0.15, 0.2) is 0 Å². The van der Waals surface area contributed by atoms with Gasteiger partial charge in [0, 0.05) is 17.4 Å². The van der Waals surface area contributed by atoms with Crippen LogP contribution in [-0.4, -0.2) is 9.97 Å². The quantitative estimate of drug-likeness (QED) is 0.851. The number of hydrogen-bond donors (Lipinski definition) is 1. The van der Waals surface area contributed by atoms with Gasteiger partial charge in [0.1, 0.15) is 17.6 Å². The summed E-state index contributed by atoms with van der Waals surface area (Å²) in [5.74, 6) is 1.52. The fraction of sp³-hybridized carbons (Fsp3) is 0.214. The molecular formula is C14H14N4O. The Labute approximate surface area is 111 Å². The van der Waals surface area contributed by atoms with E-state index in [-0.39, 0.29) is 0 Å². The molecule has 0 spiro atoms. The average Bonchev–Trinajstić information content (AvgIpc) is 2.40. The second-order valence-electron chi connectivity index (χ2n) is 4.07. The normalized spacial score (nSPS) is 9.95. The van der Waals surface area contributed by atoms with E-state index in [1.807, 2.05) is 6.92 Å². The molecule has 1 heterocycles. The Bertz CT molecular complexity index is 646. The summed E-state index contributed by atoms with van der Waals surface area (Å²) >= 11 is 0. The molecule has 0 aliphatic rings. The summed E-state index contributed by atoms with van der Waals surface area (Å²) in [4.78, 5) is 8.48. The van der Waals surface area contributed by atoms with Crippen LogP contribution in [-0.2, 0) is 6.42 Å². The van der Waals surface area contributed by atoms with Crippen molar-refractivity contribution < 1.29 is 4.74 Å². The van der Waals surface area contributed by atoms with Gasteiger partial charge < -0.3 is 10.5 Å². The molecule has 0 unspecified atom stereocenters. The highest BCUT2D eigenvalue weighted by Crippen LogP contribution is 2.25. The van der Waals surface area contributed by atoms with Crippen molar-refractivity contribution in [2.24, 2.45) is 0 Å². The van der Waals surface area contributed by atoms with Gasteiger partial charge in [-0.15, -0.1) is 0 Å². The van der Waals surface area contributed by atoms with E-state index in [1.54, 1.807) is 31.2 Å². The molecule has 0 aliphatic carbocycles. The molecule has 19 heavy (non-hydrogen) atoms. The number of nitrogens with zero attached hydrogens (tertiary/aromatic N) is 3. The molecule has 96 valence electrons. The van der Waals surface area contributed by atoms with Crippen molar-refractivity contribution >= 4 is 5.69 Å². The van der Waals surface area contributed by atoms with E-state index in [0.29, 0.717) is 28.7 Å². The molecular weight excluding hydrogens is 240 g/mol. The first-order valence-corrected chi connectivity index (χ1v) is 5.94. The summed E-state index contributed by atoms with van der Waals surface area (Å²) in [6, 6.07) is 8.74. The van der Waals surface area contributed by atoms with E-state index in [1.165, 1.54) is 0 Å². The van der Waals surface area contributed by atoms with Crippen molar-refractivity contribution in [3.05, 3.63) is 41.3 Å². The Morgan fingerprint density at radius 1 is 1.32 bits per heavy atom. The van der Waals surface area contributed by atoms with Gasteiger partial charge in [-0.1, -0.05) is 6.92 Å². The lowest BCUT2D eigenvalue weighted by atomic mass is 10.2. The van der Waals surface area contributed by atoms with Crippen LogP contribution in [0.5, 0.6) is 11.6 Å². The van der Waals surface area contributed by atoms with E-state index < -0.39 is 0 Å². The second kappa shape index (κ2) is 5.36. The molecule has 0 radical (unpaired) electrons. The van der Waals surface area contributed by atoms with Crippen molar-refractivity contribution in [1.82, 2.24) is 9.97 Å². The first-order valence-electron chi connectivity index (χ1n) is 5.94. The summed E-state index contributed by atoms with van der Waals surface area (Å²) in [5, 5.41) is 9.06. The van der Waals surface area contributed by atoms with Crippen molar-refractivity contribution in [2.75, 3.05) is 5.73 Å². The zero-order valence-corrected chi connectivity index (χ0v) is 10.8. The van der Waals surface area contributed by atoms with Crippen LogP contribution in [0.2, 0.25) is 0 Å². The number of aromatic nitrogens is 2. The molecule has 2 aromatic rings. The third-order valence-electron chi connectivity index (χ3n) is 2.57. The number of anilines is 1. The van der Waals surface area contributed by atoms with E-state index in [4.69, 9.17) is 15.7 Å². The van der Waals surface area contributed by atoms with Gasteiger partial charge in [0.05, 0.1) is 5.56 Å². The number of aryl methyl sites for hydroxylation is 2. The minimum absolute atomic E-state index is 0.384. The van der Waals surface area contributed by atoms with Crippen molar-refractivity contribution in [1.29, 1.82) is 5.26 Å². The number of ether oxygens (including phenoxy) is 1. The monoisotopic (exact) mass is 254 g/mol. The molecule has 2 rings (SSSR count). The average molecular weight is 254 g/mol. The highest BCUT2D eigenvalue weighted by atomic mass is 16.5. The third kappa shape index (κ3) is 2.99. The van der Waals surface area contributed by atoms with Gasteiger partial charge >= 0.3 is 0 Å². The Balaban J connectivity index is 2.36. The van der Waals surface area contributed by atoms with Crippen LogP contribution in [0.25, 0.3) is 0 Å². The zero-order chi connectivity index (χ0) is 13.8. The summed E-state index contributed by atoms with van der Waals surface area (Å²) < 4.78 is 5.65. The SMILES string of the molecule is CCc1cc(Oc2ccc(N)cc2C#N)nc(C)n1. The lowest BCUT2D eigenvalue weighted by Crippen LogP contribution is -1.98. The molecule has 0 bridgehead atoms. The maximum atomic E-state index is 9.06. The molecule has 1 aromatic heterocycles. The van der Waals surface area contributed by atoms with E-state index in [9.17, 15) is 0 Å². The Morgan fingerprint density at radius 3 is 2.79 bits per heavy atom. The number of hydrogen-bond acceptors (Lipinski definition) is 5. The fourth-order valence-corrected chi connectivity index (χ4v) is 1.67. The van der Waals surface area contributed by atoms with Crippen LogP contribution in [0, 0.1) is 18.3 Å². The molecule has 2 N–H and O–H groups in total. The third-order valence-corrected chi connectivity index (χ3v) is 2.57. The molecule has 0 amide bonds. The molecule has 5 heteroatoms. The van der Waals surface area contributed by atoms with Crippen molar-refractivity contribution in [3.63, 3.8) is 0 Å². The Kier molecular flexibility index (Phi) is 3.62. The summed E-state index contributed by atoms with van der Waals surface area (Å²) in [5.41, 5.74) is 7.44. The lowest BCUT2D eigenvalue weighted by molar-refractivity contribution is 0.457. The first-order chi connectivity index (χ1) is 9.12. The zero-order valence-electron chi connectivity index (χ0n) is 10.8. The number of nitrogens with two attached hydrogens (primary N) is 1. The van der Waals surface area contributed by atoms with Gasteiger partial charge in [-0.05, 0) is 31.5 Å². The van der Waals surface area contributed by atoms with Crippen LogP contribution >= 0.6 is 0 Å². The molecule has 1 aromatic carbocycles. The van der Waals surface area contributed by atoms with Gasteiger partial charge in [0.2, 0.25) is 5.88 Å². The van der Waals surface area contributed by atoms with Gasteiger partial charge in [-0.25, -0.2) is 4.98 Å². The fourth-order valence-electron chi connectivity index (χ4n) is 1.67. The summed E-state index contributed by atoms with van der Waals surface area (Å²) in [6.07, 6.45) is 0.798. The highest BCUT2D eigenvalue weighted by Gasteiger charge is 2.08. The van der Waals surface area contributed by atoms with Gasteiger partial charge in [-0.3, -0.25) is 0 Å². The van der Waals surface area contributed by atoms with Crippen LogP contribution in [0.4, 0.5) is 5.69 Å². The molecule has 0 saturated heterocycles. The molecule has 0 fully saturated rings. The maximum Gasteiger partial charge on any atom is 0.222 e. The van der Waals surface area contributed by atoms with Gasteiger partial charge in [-0.2, -0.15) is 10.2 Å². The predicted octanol–water partition coefficient (Wildman–Crippen LogP) is 2.59. The Morgan fingerprint density at radius 2 is 2.11 bits per heavy atom. The molecule has 0 aliphatic heterocycles. The van der Waals surface area contributed by atoms with Crippen LogP contribution in [0.15, 0.2) is 24.3 Å². The lowest BCUT2D eigenvalue weighted by Gasteiger charge is -2.08. The standard InChI is InChI=1S/C14H14N4O/c1-3-12-7-14(18-9(2)17-12)19-13-5-4-11(16)6-10(13)8-15/h4-7H,3,16H2,1-2H3. The summed E-state index contributed by atoms with van der Waals surface area (Å²) in [7, 11) is 0. The van der Waals surface area contributed by atoms with E-state index in [0.717, 1.165) is 12.1 Å². The van der Waals surface area contributed by atoms with E-state index >= 15 is 0 Å². The van der Waals surface area contributed by atoms with Crippen molar-refractivity contribution in [3.8, 4) is 17.7 Å². The predicted molar refractivity (Wildman–Crippen MR) is 71.8 cm³/mol. The number of nitriles is 1. The smallest absolute Gasteiger partial charge is 0.222 e. The summed E-state index contributed by atoms with van der Waals surface area (Å²) in [6.45, 7) is 3.82. The molecule has 5 nitrogen and oxygen atoms in total. The maximum absolute atomic E-state index is 9.06. The van der Waals surface area contributed by atoms with E-state index in [2.05, 4.69) is 16.0 Å². The minimum atomic E-state index is 0.384. The van der Waals surface area contributed by atoms with Gasteiger partial charge in [0.25, 0.3) is 0 Å².